The van der Waals surface area contributed by atoms with Gasteiger partial charge in [0, 0.05) is 6.54 Å². The molecule has 188 valence electrons. The second-order valence-corrected chi connectivity index (χ2v) is 9.04. The molecule has 5 heteroatoms. The van der Waals surface area contributed by atoms with Crippen molar-refractivity contribution >= 4 is 17.8 Å². The van der Waals surface area contributed by atoms with E-state index in [0.29, 0.717) is 17.9 Å². The van der Waals surface area contributed by atoms with E-state index in [1.54, 1.807) is 6.08 Å². The Kier molecular flexibility index (Phi) is 7.46. The molecule has 1 N–H and O–H groups in total. The number of aliphatic hydroxyl groups is 1. The van der Waals surface area contributed by atoms with Crippen LogP contribution in [0.25, 0.3) is 6.08 Å². The quantitative estimate of drug-likeness (QED) is 0.268. The van der Waals surface area contributed by atoms with Crippen LogP contribution in [0.5, 0.6) is 5.75 Å². The molecule has 1 atom stereocenters. The van der Waals surface area contributed by atoms with Gasteiger partial charge in [0.15, 0.2) is 11.5 Å². The average Bonchev–Trinajstić information content (AvgIpc) is 3.21. The van der Waals surface area contributed by atoms with Crippen LogP contribution in [-0.2, 0) is 22.7 Å². The third kappa shape index (κ3) is 5.57. The number of allylic oxidation sites excluding steroid dienone is 1. The molecule has 0 aliphatic carbocycles. The highest BCUT2D eigenvalue weighted by Crippen LogP contribution is 2.40. The minimum atomic E-state index is -0.768. The zero-order valence-corrected chi connectivity index (χ0v) is 20.7. The number of hydrogen-bond donors (Lipinski definition) is 1. The van der Waals surface area contributed by atoms with Crippen molar-refractivity contribution in [2.45, 2.75) is 19.2 Å². The van der Waals surface area contributed by atoms with Gasteiger partial charge in [-0.1, -0.05) is 109 Å². The molecule has 4 aromatic carbocycles. The highest BCUT2D eigenvalue weighted by molar-refractivity contribution is 6.14. The summed E-state index contributed by atoms with van der Waals surface area (Å²) in [7, 11) is 0. The maximum absolute atomic E-state index is 13.4. The van der Waals surface area contributed by atoms with Crippen LogP contribution < -0.4 is 4.74 Å². The molecule has 0 saturated carbocycles. The molecule has 5 nitrogen and oxygen atoms in total. The smallest absolute Gasteiger partial charge is 0.290 e. The van der Waals surface area contributed by atoms with Gasteiger partial charge in [0.2, 0.25) is 0 Å². The minimum Gasteiger partial charge on any atom is -0.503 e. The number of carbonyl (C=O) groups excluding carboxylic acids is 2. The molecular formula is C33H27NO4. The lowest BCUT2D eigenvalue weighted by molar-refractivity contribution is -0.130. The van der Waals surface area contributed by atoms with Gasteiger partial charge in [-0.15, -0.1) is 0 Å². The molecule has 1 amide bonds. The number of aliphatic hydroxyl groups excluding tert-OH is 1. The first-order chi connectivity index (χ1) is 18.6. The molecule has 0 fully saturated rings. The van der Waals surface area contributed by atoms with Crippen LogP contribution in [-0.4, -0.2) is 21.7 Å². The van der Waals surface area contributed by atoms with Crippen molar-refractivity contribution in [3.8, 4) is 5.75 Å². The van der Waals surface area contributed by atoms with Crippen molar-refractivity contribution in [1.29, 1.82) is 0 Å². The Morgan fingerprint density at radius 1 is 0.816 bits per heavy atom. The Balaban J connectivity index is 1.48. The molecule has 0 bridgehead atoms. The predicted molar refractivity (Wildman–Crippen MR) is 147 cm³/mol. The van der Waals surface area contributed by atoms with E-state index in [-0.39, 0.29) is 12.1 Å². The van der Waals surface area contributed by atoms with Crippen molar-refractivity contribution in [3.05, 3.63) is 155 Å². The van der Waals surface area contributed by atoms with Gasteiger partial charge in [0.05, 0.1) is 11.6 Å². The largest absolute Gasteiger partial charge is 0.503 e. The third-order valence-electron chi connectivity index (χ3n) is 6.41. The molecule has 0 aromatic heterocycles. The molecule has 1 heterocycles. The van der Waals surface area contributed by atoms with Crippen molar-refractivity contribution in [3.63, 3.8) is 0 Å². The number of nitrogens with zero attached hydrogens (tertiary/aromatic N) is 1. The Morgan fingerprint density at radius 2 is 1.45 bits per heavy atom. The number of amides is 1. The first-order valence-corrected chi connectivity index (χ1v) is 12.4. The molecule has 1 unspecified atom stereocenters. The molecule has 4 aromatic rings. The minimum absolute atomic E-state index is 0.0540. The fourth-order valence-electron chi connectivity index (χ4n) is 4.54. The van der Waals surface area contributed by atoms with Crippen LogP contribution in [0.2, 0.25) is 0 Å². The van der Waals surface area contributed by atoms with E-state index in [9.17, 15) is 14.7 Å². The zero-order chi connectivity index (χ0) is 26.3. The Bertz CT molecular complexity index is 1480. The lowest BCUT2D eigenvalue weighted by Gasteiger charge is -2.27. The van der Waals surface area contributed by atoms with Gasteiger partial charge in [-0.3, -0.25) is 9.59 Å². The average molecular weight is 502 g/mol. The van der Waals surface area contributed by atoms with Crippen LogP contribution in [0.4, 0.5) is 0 Å². The fraction of sp³-hybridized carbons (Fsp3) is 0.0909. The maximum Gasteiger partial charge on any atom is 0.290 e. The summed E-state index contributed by atoms with van der Waals surface area (Å²) in [6, 6.07) is 35.3. The molecule has 0 radical (unpaired) electrons. The van der Waals surface area contributed by atoms with Crippen molar-refractivity contribution in [1.82, 2.24) is 4.90 Å². The highest BCUT2D eigenvalue weighted by Gasteiger charge is 2.43. The topological polar surface area (TPSA) is 66.8 Å². The van der Waals surface area contributed by atoms with Crippen LogP contribution in [0.1, 0.15) is 28.3 Å². The SMILES string of the molecule is O=C(C=Cc1ccccc1)C1=C(O)C(=O)N(Cc2ccccc2)C1c1cccc(OCc2ccccc2)c1. The van der Waals surface area contributed by atoms with Crippen molar-refractivity contribution < 1.29 is 19.4 Å². The fourth-order valence-corrected chi connectivity index (χ4v) is 4.54. The predicted octanol–water partition coefficient (Wildman–Crippen LogP) is 6.44. The molecule has 1 aliphatic rings. The summed E-state index contributed by atoms with van der Waals surface area (Å²) in [4.78, 5) is 28.3. The summed E-state index contributed by atoms with van der Waals surface area (Å²) >= 11 is 0. The Hall–Kier alpha value is -4.90. The van der Waals surface area contributed by atoms with Gasteiger partial charge in [0.1, 0.15) is 12.4 Å². The zero-order valence-electron chi connectivity index (χ0n) is 20.7. The van der Waals surface area contributed by atoms with Gasteiger partial charge in [-0.25, -0.2) is 0 Å². The van der Waals surface area contributed by atoms with Gasteiger partial charge in [-0.05, 0) is 40.5 Å². The van der Waals surface area contributed by atoms with Crippen LogP contribution in [0, 0.1) is 0 Å². The number of hydrogen-bond acceptors (Lipinski definition) is 4. The summed E-state index contributed by atoms with van der Waals surface area (Å²) in [5, 5.41) is 10.9. The number of carbonyl (C=O) groups is 2. The maximum atomic E-state index is 13.4. The van der Waals surface area contributed by atoms with Crippen molar-refractivity contribution in [2.24, 2.45) is 0 Å². The van der Waals surface area contributed by atoms with E-state index in [4.69, 9.17) is 4.74 Å². The van der Waals surface area contributed by atoms with E-state index >= 15 is 0 Å². The van der Waals surface area contributed by atoms with E-state index in [0.717, 1.165) is 16.7 Å². The lowest BCUT2D eigenvalue weighted by Crippen LogP contribution is -2.30. The third-order valence-corrected chi connectivity index (χ3v) is 6.41. The van der Waals surface area contributed by atoms with E-state index in [1.165, 1.54) is 11.0 Å². The number of rotatable bonds is 9. The molecule has 38 heavy (non-hydrogen) atoms. The summed E-state index contributed by atoms with van der Waals surface area (Å²) in [6.45, 7) is 0.622. The standard InChI is InChI=1S/C33H27NO4/c35-29(20-19-24-11-4-1-5-12-24)30-31(34(33(37)32(30)36)22-25-13-6-2-7-14-25)27-17-10-18-28(21-27)38-23-26-15-8-3-9-16-26/h1-21,31,36H,22-23H2. The Labute approximate surface area is 221 Å². The lowest BCUT2D eigenvalue weighted by atomic mass is 9.95. The monoisotopic (exact) mass is 501 g/mol. The van der Waals surface area contributed by atoms with Gasteiger partial charge < -0.3 is 14.7 Å². The number of ether oxygens (including phenoxy) is 1. The summed E-state index contributed by atoms with van der Waals surface area (Å²) in [6.07, 6.45) is 3.09. The first-order valence-electron chi connectivity index (χ1n) is 12.4. The highest BCUT2D eigenvalue weighted by atomic mass is 16.5. The molecular weight excluding hydrogens is 474 g/mol. The van der Waals surface area contributed by atoms with Gasteiger partial charge >= 0.3 is 0 Å². The van der Waals surface area contributed by atoms with E-state index < -0.39 is 23.5 Å². The van der Waals surface area contributed by atoms with Gasteiger partial charge in [-0.2, -0.15) is 0 Å². The van der Waals surface area contributed by atoms with Gasteiger partial charge in [0.25, 0.3) is 5.91 Å². The summed E-state index contributed by atoms with van der Waals surface area (Å²) in [5.74, 6) is -0.914. The van der Waals surface area contributed by atoms with Crippen LogP contribution >= 0.6 is 0 Å². The normalized spacial score (nSPS) is 15.3. The van der Waals surface area contributed by atoms with Crippen LogP contribution in [0.3, 0.4) is 0 Å². The second kappa shape index (κ2) is 11.4. The van der Waals surface area contributed by atoms with Crippen molar-refractivity contribution in [2.75, 3.05) is 0 Å². The van der Waals surface area contributed by atoms with E-state index in [1.807, 2.05) is 115 Å². The molecule has 5 rings (SSSR count). The number of benzene rings is 4. The van der Waals surface area contributed by atoms with E-state index in [2.05, 4.69) is 0 Å². The second-order valence-electron chi connectivity index (χ2n) is 9.04. The Morgan fingerprint density at radius 3 is 2.13 bits per heavy atom. The summed E-state index contributed by atoms with van der Waals surface area (Å²) < 4.78 is 6.02. The number of ketones is 1. The first kappa shape index (κ1) is 24.8. The molecule has 0 saturated heterocycles. The van der Waals surface area contributed by atoms with Crippen LogP contribution in [0.15, 0.2) is 133 Å². The molecule has 1 aliphatic heterocycles. The summed E-state index contributed by atoms with van der Waals surface area (Å²) in [5.41, 5.74) is 3.50. The molecule has 0 spiro atoms.